The van der Waals surface area contributed by atoms with Gasteiger partial charge in [0.2, 0.25) is 0 Å². The average molecular weight is 220 g/mol. The number of rotatable bonds is 4. The second-order valence-electron chi connectivity index (χ2n) is 4.89. The number of carbonyl (C=O) groups is 2. The second kappa shape index (κ2) is 3.54. The van der Waals surface area contributed by atoms with Crippen LogP contribution in [0.3, 0.4) is 0 Å². The Balaban J connectivity index is 2.09. The number of Topliss-reactive ketones (excluding diaryl/α,β-unsaturated/α-hetero) is 2. The molecule has 0 aliphatic heterocycles. The predicted octanol–water partition coefficient (Wildman–Crippen LogP) is 1.67. The maximum atomic E-state index is 11.9. The lowest BCUT2D eigenvalue weighted by atomic mass is 9.97. The summed E-state index contributed by atoms with van der Waals surface area (Å²) in [4.78, 5) is 23.7. The third-order valence-electron chi connectivity index (χ3n) is 3.31. The van der Waals surface area contributed by atoms with Crippen LogP contribution in [-0.4, -0.2) is 21.3 Å². The van der Waals surface area contributed by atoms with Crippen molar-refractivity contribution >= 4 is 11.6 Å². The Bertz CT molecular complexity index is 456. The molecule has 1 aliphatic carbocycles. The number of ketones is 2. The van der Waals surface area contributed by atoms with Crippen molar-refractivity contribution in [2.24, 2.45) is 12.5 Å². The number of nitrogens with zero attached hydrogens (tertiary/aromatic N) is 2. The highest BCUT2D eigenvalue weighted by molar-refractivity contribution is 6.10. The summed E-state index contributed by atoms with van der Waals surface area (Å²) in [5.41, 5.74) is 1.05. The fourth-order valence-electron chi connectivity index (χ4n) is 1.79. The molecule has 0 bridgehead atoms. The number of hydrogen-bond acceptors (Lipinski definition) is 3. The van der Waals surface area contributed by atoms with Crippen LogP contribution < -0.4 is 0 Å². The van der Waals surface area contributed by atoms with Crippen molar-refractivity contribution in [2.45, 2.75) is 33.1 Å². The maximum Gasteiger partial charge on any atom is 0.173 e. The zero-order valence-electron chi connectivity index (χ0n) is 9.91. The minimum atomic E-state index is -0.216. The van der Waals surface area contributed by atoms with Gasteiger partial charge in [0.05, 0.1) is 17.7 Å². The maximum absolute atomic E-state index is 11.9. The zero-order chi connectivity index (χ0) is 11.9. The van der Waals surface area contributed by atoms with E-state index in [-0.39, 0.29) is 23.4 Å². The largest absolute Gasteiger partial charge is 0.299 e. The molecular formula is C12H16N2O2. The number of carbonyl (C=O) groups excluding carboxylic acids is 2. The van der Waals surface area contributed by atoms with Crippen LogP contribution in [0.5, 0.6) is 0 Å². The molecule has 1 saturated carbocycles. The molecule has 4 heteroatoms. The molecule has 2 rings (SSSR count). The summed E-state index contributed by atoms with van der Waals surface area (Å²) >= 11 is 0. The van der Waals surface area contributed by atoms with Crippen LogP contribution in [-0.2, 0) is 11.8 Å². The minimum Gasteiger partial charge on any atom is -0.299 e. The van der Waals surface area contributed by atoms with Crippen LogP contribution in [0.2, 0.25) is 0 Å². The van der Waals surface area contributed by atoms with Crippen molar-refractivity contribution in [1.29, 1.82) is 0 Å². The monoisotopic (exact) mass is 220 g/mol. The molecule has 0 saturated heterocycles. The molecule has 0 amide bonds. The number of hydrogen-bond donors (Lipinski definition) is 0. The summed E-state index contributed by atoms with van der Waals surface area (Å²) in [5.74, 6) is -0.0375. The minimum absolute atomic E-state index is 0.0169. The topological polar surface area (TPSA) is 52.0 Å². The smallest absolute Gasteiger partial charge is 0.173 e. The second-order valence-corrected chi connectivity index (χ2v) is 4.89. The Morgan fingerprint density at radius 1 is 1.50 bits per heavy atom. The molecule has 1 aromatic heterocycles. The lowest BCUT2D eigenvalue weighted by molar-refractivity contribution is -0.122. The van der Waals surface area contributed by atoms with E-state index in [1.165, 1.54) is 0 Å². The van der Waals surface area contributed by atoms with E-state index >= 15 is 0 Å². The van der Waals surface area contributed by atoms with E-state index in [0.717, 1.165) is 12.8 Å². The van der Waals surface area contributed by atoms with Gasteiger partial charge in [0.15, 0.2) is 5.78 Å². The standard InChI is InChI=1S/C12H16N2O2/c1-8-9(7-14(3)13-8)10(15)6-11(16)12(2)4-5-12/h7H,4-6H2,1-3H3. The first kappa shape index (κ1) is 11.0. The molecule has 0 atom stereocenters. The Morgan fingerprint density at radius 2 is 2.12 bits per heavy atom. The van der Waals surface area contributed by atoms with Gasteiger partial charge in [-0.3, -0.25) is 14.3 Å². The lowest BCUT2D eigenvalue weighted by Gasteiger charge is -2.05. The van der Waals surface area contributed by atoms with Gasteiger partial charge in [-0.1, -0.05) is 6.92 Å². The first-order valence-corrected chi connectivity index (χ1v) is 5.49. The Morgan fingerprint density at radius 3 is 2.56 bits per heavy atom. The summed E-state index contributed by atoms with van der Waals surface area (Å²) < 4.78 is 1.60. The van der Waals surface area contributed by atoms with Crippen molar-refractivity contribution in [3.8, 4) is 0 Å². The first-order chi connectivity index (χ1) is 7.42. The molecule has 1 aromatic rings. The van der Waals surface area contributed by atoms with Gasteiger partial charge in [0.1, 0.15) is 5.78 Å². The quantitative estimate of drug-likeness (QED) is 0.573. The zero-order valence-corrected chi connectivity index (χ0v) is 9.91. The van der Waals surface area contributed by atoms with E-state index in [1.54, 1.807) is 24.9 Å². The van der Waals surface area contributed by atoms with Crippen molar-refractivity contribution in [1.82, 2.24) is 9.78 Å². The van der Waals surface area contributed by atoms with Gasteiger partial charge >= 0.3 is 0 Å². The van der Waals surface area contributed by atoms with Crippen molar-refractivity contribution in [3.63, 3.8) is 0 Å². The summed E-state index contributed by atoms with van der Waals surface area (Å²) in [6.45, 7) is 3.72. The van der Waals surface area contributed by atoms with E-state index in [1.807, 2.05) is 6.92 Å². The third-order valence-corrected chi connectivity index (χ3v) is 3.31. The van der Waals surface area contributed by atoms with Crippen LogP contribution in [0.4, 0.5) is 0 Å². The van der Waals surface area contributed by atoms with Gasteiger partial charge in [0.25, 0.3) is 0 Å². The highest BCUT2D eigenvalue weighted by Crippen LogP contribution is 2.46. The number of aryl methyl sites for hydroxylation is 2. The summed E-state index contributed by atoms with van der Waals surface area (Å²) in [7, 11) is 1.77. The van der Waals surface area contributed by atoms with E-state index in [9.17, 15) is 9.59 Å². The highest BCUT2D eigenvalue weighted by atomic mass is 16.1. The Hall–Kier alpha value is -1.45. The van der Waals surface area contributed by atoms with Gasteiger partial charge in [-0.05, 0) is 19.8 Å². The van der Waals surface area contributed by atoms with Crippen LogP contribution >= 0.6 is 0 Å². The SMILES string of the molecule is Cc1nn(C)cc1C(=O)CC(=O)C1(C)CC1. The van der Waals surface area contributed by atoms with Crippen LogP contribution in [0.25, 0.3) is 0 Å². The van der Waals surface area contributed by atoms with Crippen LogP contribution in [0.15, 0.2) is 6.20 Å². The first-order valence-electron chi connectivity index (χ1n) is 5.49. The van der Waals surface area contributed by atoms with Crippen molar-refractivity contribution in [2.75, 3.05) is 0 Å². The average Bonchev–Trinajstić information content (AvgIpc) is 2.85. The predicted molar refractivity (Wildman–Crippen MR) is 59.2 cm³/mol. The molecule has 0 N–H and O–H groups in total. The van der Waals surface area contributed by atoms with Gasteiger partial charge in [0, 0.05) is 18.7 Å². The van der Waals surface area contributed by atoms with Gasteiger partial charge in [-0.15, -0.1) is 0 Å². The van der Waals surface area contributed by atoms with Gasteiger partial charge in [-0.25, -0.2) is 0 Å². The molecule has 4 nitrogen and oxygen atoms in total. The molecule has 16 heavy (non-hydrogen) atoms. The molecule has 0 aromatic carbocycles. The lowest BCUT2D eigenvalue weighted by Crippen LogP contribution is -2.16. The van der Waals surface area contributed by atoms with Crippen molar-refractivity contribution < 1.29 is 9.59 Å². The highest BCUT2D eigenvalue weighted by Gasteiger charge is 2.44. The van der Waals surface area contributed by atoms with E-state index in [2.05, 4.69) is 5.10 Å². The van der Waals surface area contributed by atoms with Crippen LogP contribution in [0, 0.1) is 12.3 Å². The molecule has 0 unspecified atom stereocenters. The van der Waals surface area contributed by atoms with Gasteiger partial charge in [-0.2, -0.15) is 5.10 Å². The van der Waals surface area contributed by atoms with Gasteiger partial charge < -0.3 is 0 Å². The normalized spacial score (nSPS) is 17.2. The van der Waals surface area contributed by atoms with E-state index in [0.29, 0.717) is 11.3 Å². The molecule has 0 spiro atoms. The summed E-state index contributed by atoms with van der Waals surface area (Å²) in [5, 5.41) is 4.10. The molecule has 0 radical (unpaired) electrons. The summed E-state index contributed by atoms with van der Waals surface area (Å²) in [6, 6.07) is 0. The third kappa shape index (κ3) is 1.92. The molecule has 86 valence electrons. The fraction of sp³-hybridized carbons (Fsp3) is 0.583. The molecule has 1 heterocycles. The van der Waals surface area contributed by atoms with Crippen molar-refractivity contribution in [3.05, 3.63) is 17.5 Å². The fourth-order valence-corrected chi connectivity index (χ4v) is 1.79. The molecular weight excluding hydrogens is 204 g/mol. The van der Waals surface area contributed by atoms with E-state index < -0.39 is 0 Å². The Kier molecular flexibility index (Phi) is 2.45. The molecule has 1 fully saturated rings. The number of aromatic nitrogens is 2. The van der Waals surface area contributed by atoms with E-state index in [4.69, 9.17) is 0 Å². The van der Waals surface area contributed by atoms with Crippen LogP contribution in [0.1, 0.15) is 42.2 Å². The summed E-state index contributed by atoms with van der Waals surface area (Å²) in [6.07, 6.45) is 3.54. The Labute approximate surface area is 94.6 Å². The molecule has 1 aliphatic rings.